The molecule has 0 amide bonds. The Morgan fingerprint density at radius 3 is 1.76 bits per heavy atom. The van der Waals surface area contributed by atoms with Gasteiger partial charge < -0.3 is 9.31 Å². The van der Waals surface area contributed by atoms with E-state index in [1.807, 2.05) is 64.1 Å². The monoisotopic (exact) mass is 336 g/mol. The number of rotatable bonds is 1. The minimum absolute atomic E-state index is 0.349. The van der Waals surface area contributed by atoms with Crippen LogP contribution in [0.15, 0.2) is 54.3 Å². The van der Waals surface area contributed by atoms with Crippen molar-refractivity contribution >= 4 is 12.7 Å². The lowest BCUT2D eigenvalue weighted by atomic mass is 9.75. The standard InChI is InChI=1S/C21H22BFO2/c1-20(2)21(3,4)25-22(24-20)19(23)18-16-11-7-5-9-14(16)13-15-10-6-8-12-17(15)18/h5-12H,13H2,1-4H3. The van der Waals surface area contributed by atoms with Gasteiger partial charge in [0.25, 0.3) is 0 Å². The van der Waals surface area contributed by atoms with Gasteiger partial charge >= 0.3 is 7.12 Å². The van der Waals surface area contributed by atoms with E-state index in [1.165, 1.54) is 0 Å². The van der Waals surface area contributed by atoms with Crippen LogP contribution >= 0.6 is 0 Å². The van der Waals surface area contributed by atoms with Crippen molar-refractivity contribution in [1.82, 2.24) is 0 Å². The predicted octanol–water partition coefficient (Wildman–Crippen LogP) is 4.95. The zero-order chi connectivity index (χ0) is 17.8. The molecular weight excluding hydrogens is 314 g/mol. The lowest BCUT2D eigenvalue weighted by Gasteiger charge is -2.32. The molecule has 0 radical (unpaired) electrons. The Morgan fingerprint density at radius 1 is 0.840 bits per heavy atom. The fourth-order valence-electron chi connectivity index (χ4n) is 3.51. The summed E-state index contributed by atoms with van der Waals surface area (Å²) in [4.78, 5) is 0. The molecule has 1 aliphatic heterocycles. The van der Waals surface area contributed by atoms with Gasteiger partial charge in [0.2, 0.25) is 0 Å². The van der Waals surface area contributed by atoms with Crippen LogP contribution in [0.5, 0.6) is 0 Å². The molecule has 2 aliphatic rings. The lowest BCUT2D eigenvalue weighted by molar-refractivity contribution is 0.00578. The first kappa shape index (κ1) is 16.6. The van der Waals surface area contributed by atoms with Crippen LogP contribution in [-0.2, 0) is 15.7 Å². The molecule has 2 aromatic carbocycles. The van der Waals surface area contributed by atoms with Gasteiger partial charge in [-0.3, -0.25) is 0 Å². The van der Waals surface area contributed by atoms with Crippen LogP contribution in [0.4, 0.5) is 4.39 Å². The van der Waals surface area contributed by atoms with Gasteiger partial charge in [0, 0.05) is 5.57 Å². The van der Waals surface area contributed by atoms with Crippen LogP contribution in [0.1, 0.15) is 49.9 Å². The smallest absolute Gasteiger partial charge is 0.398 e. The van der Waals surface area contributed by atoms with Crippen LogP contribution in [-0.4, -0.2) is 18.3 Å². The summed E-state index contributed by atoms with van der Waals surface area (Å²) in [5, 5.41) is 0. The zero-order valence-electron chi connectivity index (χ0n) is 15.1. The third-order valence-corrected chi connectivity index (χ3v) is 5.65. The van der Waals surface area contributed by atoms with Gasteiger partial charge in [-0.2, -0.15) is 0 Å². The van der Waals surface area contributed by atoms with E-state index in [0.717, 1.165) is 28.7 Å². The molecular formula is C21H22BFO2. The van der Waals surface area contributed by atoms with Crippen LogP contribution in [0.25, 0.3) is 5.57 Å². The second-order valence-electron chi connectivity index (χ2n) is 7.80. The number of halogens is 1. The van der Waals surface area contributed by atoms with Crippen molar-refractivity contribution in [1.29, 1.82) is 0 Å². The van der Waals surface area contributed by atoms with Crippen LogP contribution in [0, 0.1) is 0 Å². The molecule has 4 rings (SSSR count). The lowest BCUT2D eigenvalue weighted by Crippen LogP contribution is -2.41. The fraction of sp³-hybridized carbons (Fsp3) is 0.333. The predicted molar refractivity (Wildman–Crippen MR) is 98.9 cm³/mol. The highest BCUT2D eigenvalue weighted by molar-refractivity contribution is 6.55. The van der Waals surface area contributed by atoms with E-state index < -0.39 is 18.3 Å². The van der Waals surface area contributed by atoms with Gasteiger partial charge in [0.05, 0.1) is 11.2 Å². The molecule has 25 heavy (non-hydrogen) atoms. The Hall–Kier alpha value is -1.91. The molecule has 0 spiro atoms. The molecule has 0 saturated carbocycles. The average Bonchev–Trinajstić information content (AvgIpc) is 2.80. The summed E-state index contributed by atoms with van der Waals surface area (Å²) in [6, 6.07) is 16.0. The molecule has 2 aromatic rings. The van der Waals surface area contributed by atoms with Crippen LogP contribution in [0.3, 0.4) is 0 Å². The molecule has 0 aromatic heterocycles. The molecule has 0 bridgehead atoms. The summed E-state index contributed by atoms with van der Waals surface area (Å²) in [5.74, 6) is 0. The first-order valence-electron chi connectivity index (χ1n) is 8.72. The summed E-state index contributed by atoms with van der Waals surface area (Å²) >= 11 is 0. The SMILES string of the molecule is CC1(C)OB(C(F)=C2c3ccccc3Cc3ccccc32)OC1(C)C. The maximum Gasteiger partial charge on any atom is 0.525 e. The van der Waals surface area contributed by atoms with Gasteiger partial charge in [0.15, 0.2) is 0 Å². The first-order valence-corrected chi connectivity index (χ1v) is 8.72. The van der Waals surface area contributed by atoms with Crippen LogP contribution < -0.4 is 0 Å². The summed E-state index contributed by atoms with van der Waals surface area (Å²) in [7, 11) is -0.987. The third-order valence-electron chi connectivity index (χ3n) is 5.65. The number of hydrogen-bond acceptors (Lipinski definition) is 2. The molecule has 0 N–H and O–H groups in total. The normalized spacial score (nSPS) is 20.2. The second kappa shape index (κ2) is 5.55. The second-order valence-corrected chi connectivity index (χ2v) is 7.80. The maximum absolute atomic E-state index is 15.7. The summed E-state index contributed by atoms with van der Waals surface area (Å²) in [6.45, 7) is 7.75. The van der Waals surface area contributed by atoms with Crippen molar-refractivity contribution in [2.24, 2.45) is 0 Å². The Labute approximate surface area is 148 Å². The minimum Gasteiger partial charge on any atom is -0.398 e. The molecule has 1 aliphatic carbocycles. The minimum atomic E-state index is -0.987. The van der Waals surface area contributed by atoms with E-state index in [0.29, 0.717) is 5.57 Å². The molecule has 1 saturated heterocycles. The molecule has 2 nitrogen and oxygen atoms in total. The van der Waals surface area contributed by atoms with Crippen molar-refractivity contribution in [3.05, 3.63) is 76.5 Å². The van der Waals surface area contributed by atoms with Gasteiger partial charge in [0.1, 0.15) is 5.73 Å². The third kappa shape index (κ3) is 2.55. The fourth-order valence-corrected chi connectivity index (χ4v) is 3.51. The van der Waals surface area contributed by atoms with E-state index in [-0.39, 0.29) is 5.73 Å². The number of fused-ring (bicyclic) bond motifs is 2. The van der Waals surface area contributed by atoms with Crippen molar-refractivity contribution in [3.8, 4) is 0 Å². The Morgan fingerprint density at radius 2 is 1.28 bits per heavy atom. The highest BCUT2D eigenvalue weighted by Crippen LogP contribution is 2.43. The molecule has 128 valence electrons. The van der Waals surface area contributed by atoms with Gasteiger partial charge in [-0.15, -0.1) is 0 Å². The summed E-state index contributed by atoms with van der Waals surface area (Å²) in [5.41, 5.74) is 3.22. The van der Waals surface area contributed by atoms with E-state index in [2.05, 4.69) is 12.1 Å². The van der Waals surface area contributed by atoms with Crippen LogP contribution in [0.2, 0.25) is 0 Å². The van der Waals surface area contributed by atoms with Gasteiger partial charge in [-0.05, 0) is 56.4 Å². The molecule has 1 fully saturated rings. The van der Waals surface area contributed by atoms with E-state index >= 15 is 4.39 Å². The highest BCUT2D eigenvalue weighted by atomic mass is 19.1. The Balaban J connectivity index is 1.89. The average molecular weight is 336 g/mol. The summed E-state index contributed by atoms with van der Waals surface area (Å²) < 4.78 is 27.6. The topological polar surface area (TPSA) is 18.5 Å². The molecule has 0 atom stereocenters. The molecule has 1 heterocycles. The van der Waals surface area contributed by atoms with Gasteiger partial charge in [-0.1, -0.05) is 48.5 Å². The van der Waals surface area contributed by atoms with Crippen molar-refractivity contribution in [2.45, 2.75) is 45.3 Å². The quantitative estimate of drug-likeness (QED) is 0.585. The number of hydrogen-bond donors (Lipinski definition) is 0. The molecule has 4 heteroatoms. The summed E-state index contributed by atoms with van der Waals surface area (Å²) in [6.07, 6.45) is 0.812. The first-order chi connectivity index (χ1) is 11.8. The van der Waals surface area contributed by atoms with E-state index in [4.69, 9.17) is 9.31 Å². The highest BCUT2D eigenvalue weighted by Gasteiger charge is 2.54. The van der Waals surface area contributed by atoms with Crippen molar-refractivity contribution in [3.63, 3.8) is 0 Å². The van der Waals surface area contributed by atoms with E-state index in [1.54, 1.807) is 0 Å². The number of benzene rings is 2. The van der Waals surface area contributed by atoms with Crippen molar-refractivity contribution in [2.75, 3.05) is 0 Å². The van der Waals surface area contributed by atoms with Crippen molar-refractivity contribution < 1.29 is 13.7 Å². The zero-order valence-corrected chi connectivity index (χ0v) is 15.1. The molecule has 0 unspecified atom stereocenters. The Kier molecular flexibility index (Phi) is 3.67. The maximum atomic E-state index is 15.7. The Bertz CT molecular complexity index is 806. The van der Waals surface area contributed by atoms with E-state index in [9.17, 15) is 0 Å². The largest absolute Gasteiger partial charge is 0.525 e. The van der Waals surface area contributed by atoms with Gasteiger partial charge in [-0.25, -0.2) is 4.39 Å².